The summed E-state index contributed by atoms with van der Waals surface area (Å²) in [4.78, 5) is 12.4. The number of carbonyl (C=O) groups is 1. The molecule has 0 saturated heterocycles. The fourth-order valence-corrected chi connectivity index (χ4v) is 2.76. The first kappa shape index (κ1) is 18.4. The third kappa shape index (κ3) is 3.94. The Kier molecular flexibility index (Phi) is 5.97. The van der Waals surface area contributed by atoms with Gasteiger partial charge in [-0.3, -0.25) is 4.79 Å². The van der Waals surface area contributed by atoms with Gasteiger partial charge in [0.25, 0.3) is 5.91 Å². The maximum atomic E-state index is 12.4. The van der Waals surface area contributed by atoms with E-state index in [1.165, 1.54) is 0 Å². The predicted molar refractivity (Wildman–Crippen MR) is 96.6 cm³/mol. The Balaban J connectivity index is 2.24. The molecule has 1 N–H and O–H groups in total. The molecular weight excluding hydrogens is 349 g/mol. The molecule has 0 radical (unpaired) electrons. The molecule has 4 nitrogen and oxygen atoms in total. The fraction of sp³-hybridized carbons (Fsp3) is 0.278. The standard InChI is InChI=1S/C18H19Cl2NO3/c1-10-7-16(23-3)17(24-4)9-13(10)11(2)21-18(22)12-5-6-14(19)15(20)8-12/h5-9,11H,1-4H3,(H,21,22). The molecule has 1 unspecified atom stereocenters. The number of rotatable bonds is 5. The minimum atomic E-state index is -0.227. The fourth-order valence-electron chi connectivity index (χ4n) is 2.46. The Bertz CT molecular complexity index is 762. The first-order valence-electron chi connectivity index (χ1n) is 7.35. The molecule has 6 heteroatoms. The molecule has 0 aromatic heterocycles. The van der Waals surface area contributed by atoms with Crippen LogP contribution in [0.25, 0.3) is 0 Å². The van der Waals surface area contributed by atoms with Crippen molar-refractivity contribution in [3.05, 3.63) is 57.1 Å². The first-order chi connectivity index (χ1) is 11.4. The average Bonchev–Trinajstić information content (AvgIpc) is 2.56. The lowest BCUT2D eigenvalue weighted by atomic mass is 10.0. The van der Waals surface area contributed by atoms with Gasteiger partial charge in [-0.1, -0.05) is 23.2 Å². The Morgan fingerprint density at radius 1 is 1.04 bits per heavy atom. The van der Waals surface area contributed by atoms with Crippen molar-refractivity contribution in [1.29, 1.82) is 0 Å². The number of benzene rings is 2. The Morgan fingerprint density at radius 3 is 2.25 bits per heavy atom. The van der Waals surface area contributed by atoms with Crippen molar-refractivity contribution in [1.82, 2.24) is 5.32 Å². The minimum Gasteiger partial charge on any atom is -0.493 e. The number of halogens is 2. The van der Waals surface area contributed by atoms with Crippen molar-refractivity contribution in [2.45, 2.75) is 19.9 Å². The van der Waals surface area contributed by atoms with Crippen LogP contribution >= 0.6 is 23.2 Å². The zero-order chi connectivity index (χ0) is 17.9. The number of methoxy groups -OCH3 is 2. The normalized spacial score (nSPS) is 11.8. The monoisotopic (exact) mass is 367 g/mol. The van der Waals surface area contributed by atoms with E-state index in [0.29, 0.717) is 27.1 Å². The van der Waals surface area contributed by atoms with Gasteiger partial charge in [0.15, 0.2) is 11.5 Å². The summed E-state index contributed by atoms with van der Waals surface area (Å²) in [5, 5.41) is 3.71. The van der Waals surface area contributed by atoms with Gasteiger partial charge in [-0.15, -0.1) is 0 Å². The van der Waals surface area contributed by atoms with Crippen molar-refractivity contribution in [3.63, 3.8) is 0 Å². The van der Waals surface area contributed by atoms with Gasteiger partial charge in [0.1, 0.15) is 0 Å². The molecular formula is C18H19Cl2NO3. The maximum Gasteiger partial charge on any atom is 0.251 e. The van der Waals surface area contributed by atoms with Gasteiger partial charge in [-0.05, 0) is 55.3 Å². The van der Waals surface area contributed by atoms with Gasteiger partial charge in [-0.25, -0.2) is 0 Å². The molecule has 1 atom stereocenters. The molecule has 24 heavy (non-hydrogen) atoms. The van der Waals surface area contributed by atoms with Crippen molar-refractivity contribution >= 4 is 29.1 Å². The minimum absolute atomic E-state index is 0.216. The van der Waals surface area contributed by atoms with Gasteiger partial charge in [0, 0.05) is 5.56 Å². The summed E-state index contributed by atoms with van der Waals surface area (Å²) in [7, 11) is 3.17. The zero-order valence-electron chi connectivity index (χ0n) is 13.9. The van der Waals surface area contributed by atoms with Crippen LogP contribution in [0.1, 0.15) is 34.5 Å². The molecule has 1 amide bonds. The van der Waals surface area contributed by atoms with E-state index in [9.17, 15) is 4.79 Å². The van der Waals surface area contributed by atoms with Gasteiger partial charge >= 0.3 is 0 Å². The van der Waals surface area contributed by atoms with E-state index >= 15 is 0 Å². The second-order valence-electron chi connectivity index (χ2n) is 5.39. The second-order valence-corrected chi connectivity index (χ2v) is 6.20. The van der Waals surface area contributed by atoms with Crippen molar-refractivity contribution < 1.29 is 14.3 Å². The lowest BCUT2D eigenvalue weighted by molar-refractivity contribution is 0.0939. The summed E-state index contributed by atoms with van der Waals surface area (Å²) >= 11 is 11.8. The van der Waals surface area contributed by atoms with Crippen LogP contribution in [-0.2, 0) is 0 Å². The van der Waals surface area contributed by atoms with Gasteiger partial charge in [0.05, 0.1) is 30.3 Å². The number of nitrogens with one attached hydrogen (secondary N) is 1. The summed E-state index contributed by atoms with van der Waals surface area (Å²) in [6.45, 7) is 3.86. The lowest BCUT2D eigenvalue weighted by Crippen LogP contribution is -2.27. The maximum absolute atomic E-state index is 12.4. The van der Waals surface area contributed by atoms with E-state index in [0.717, 1.165) is 11.1 Å². The van der Waals surface area contributed by atoms with E-state index in [1.54, 1.807) is 32.4 Å². The summed E-state index contributed by atoms with van der Waals surface area (Å²) < 4.78 is 10.6. The highest BCUT2D eigenvalue weighted by Crippen LogP contribution is 2.33. The smallest absolute Gasteiger partial charge is 0.251 e. The number of amides is 1. The number of aryl methyl sites for hydroxylation is 1. The largest absolute Gasteiger partial charge is 0.493 e. The molecule has 0 aliphatic rings. The van der Waals surface area contributed by atoms with Crippen LogP contribution in [0.2, 0.25) is 10.0 Å². The van der Waals surface area contributed by atoms with E-state index in [4.69, 9.17) is 32.7 Å². The highest BCUT2D eigenvalue weighted by molar-refractivity contribution is 6.42. The third-order valence-electron chi connectivity index (χ3n) is 3.77. The number of hydrogen-bond acceptors (Lipinski definition) is 3. The van der Waals surface area contributed by atoms with Crippen LogP contribution in [0.3, 0.4) is 0 Å². The topological polar surface area (TPSA) is 47.6 Å². The Morgan fingerprint density at radius 2 is 1.67 bits per heavy atom. The quantitative estimate of drug-likeness (QED) is 0.824. The molecule has 0 bridgehead atoms. The van der Waals surface area contributed by atoms with Crippen LogP contribution in [-0.4, -0.2) is 20.1 Å². The number of hydrogen-bond donors (Lipinski definition) is 1. The molecule has 0 aliphatic heterocycles. The molecule has 2 aromatic rings. The molecule has 0 spiro atoms. The van der Waals surface area contributed by atoms with Crippen molar-refractivity contribution in [2.75, 3.05) is 14.2 Å². The molecule has 128 valence electrons. The Labute approximate surface area is 151 Å². The van der Waals surface area contributed by atoms with Crippen LogP contribution in [0.4, 0.5) is 0 Å². The van der Waals surface area contributed by atoms with Crippen LogP contribution in [0, 0.1) is 6.92 Å². The zero-order valence-corrected chi connectivity index (χ0v) is 15.5. The number of carbonyl (C=O) groups excluding carboxylic acids is 1. The first-order valence-corrected chi connectivity index (χ1v) is 8.11. The van der Waals surface area contributed by atoms with Crippen LogP contribution in [0.15, 0.2) is 30.3 Å². The molecule has 0 aliphatic carbocycles. The third-order valence-corrected chi connectivity index (χ3v) is 4.51. The van der Waals surface area contributed by atoms with E-state index in [2.05, 4.69) is 5.32 Å². The molecule has 0 saturated carbocycles. The second kappa shape index (κ2) is 7.77. The van der Waals surface area contributed by atoms with Gasteiger partial charge in [-0.2, -0.15) is 0 Å². The van der Waals surface area contributed by atoms with Gasteiger partial charge < -0.3 is 14.8 Å². The van der Waals surface area contributed by atoms with Crippen molar-refractivity contribution in [2.24, 2.45) is 0 Å². The number of ether oxygens (including phenoxy) is 2. The SMILES string of the molecule is COc1cc(C)c(C(C)NC(=O)c2ccc(Cl)c(Cl)c2)cc1OC. The van der Waals surface area contributed by atoms with Crippen LogP contribution < -0.4 is 14.8 Å². The summed E-state index contributed by atoms with van der Waals surface area (Å²) in [6.07, 6.45) is 0. The average molecular weight is 368 g/mol. The predicted octanol–water partition coefficient (Wildman–Crippen LogP) is 4.81. The van der Waals surface area contributed by atoms with Gasteiger partial charge in [0.2, 0.25) is 0 Å². The van der Waals surface area contributed by atoms with E-state index < -0.39 is 0 Å². The lowest BCUT2D eigenvalue weighted by Gasteiger charge is -2.19. The summed E-state index contributed by atoms with van der Waals surface area (Å²) in [5.74, 6) is 1.05. The molecule has 2 rings (SSSR count). The summed E-state index contributed by atoms with van der Waals surface area (Å²) in [5.41, 5.74) is 2.39. The highest BCUT2D eigenvalue weighted by atomic mass is 35.5. The molecule has 0 fully saturated rings. The summed E-state index contributed by atoms with van der Waals surface area (Å²) in [6, 6.07) is 8.33. The van der Waals surface area contributed by atoms with Crippen LogP contribution in [0.5, 0.6) is 11.5 Å². The van der Waals surface area contributed by atoms with E-state index in [-0.39, 0.29) is 11.9 Å². The highest BCUT2D eigenvalue weighted by Gasteiger charge is 2.17. The molecule has 0 heterocycles. The Hall–Kier alpha value is -1.91. The van der Waals surface area contributed by atoms with E-state index in [1.807, 2.05) is 26.0 Å². The van der Waals surface area contributed by atoms with Crippen molar-refractivity contribution in [3.8, 4) is 11.5 Å². The molecule has 2 aromatic carbocycles.